The molecule has 2 aromatic rings. The molecular weight excluding hydrogens is 270 g/mol. The highest BCUT2D eigenvalue weighted by molar-refractivity contribution is 6.30. The van der Waals surface area contributed by atoms with Crippen LogP contribution >= 0.6 is 11.6 Å². The van der Waals surface area contributed by atoms with Crippen molar-refractivity contribution in [1.82, 2.24) is 15.1 Å². The summed E-state index contributed by atoms with van der Waals surface area (Å²) in [5.74, 6) is 0. The molecule has 0 radical (unpaired) electrons. The third kappa shape index (κ3) is 2.48. The highest BCUT2D eigenvalue weighted by Crippen LogP contribution is 2.31. The van der Waals surface area contributed by atoms with Gasteiger partial charge in [0.15, 0.2) is 0 Å². The second-order valence-electron chi connectivity index (χ2n) is 5.57. The topological polar surface area (TPSA) is 29.9 Å². The molecule has 3 nitrogen and oxygen atoms in total. The van der Waals surface area contributed by atoms with E-state index >= 15 is 0 Å². The van der Waals surface area contributed by atoms with E-state index in [1.54, 1.807) is 0 Å². The number of fused-ring (bicyclic) bond motifs is 1. The molecule has 0 bridgehead atoms. The molecule has 3 rings (SSSR count). The third-order valence-corrected chi connectivity index (χ3v) is 4.04. The third-order valence-electron chi connectivity index (χ3n) is 3.79. The average molecular weight is 290 g/mol. The SMILES string of the molecule is CC(C)n1nc2c(c1-c1ccc(Cl)cc1)CCNCC2. The highest BCUT2D eigenvalue weighted by Gasteiger charge is 2.21. The van der Waals surface area contributed by atoms with Gasteiger partial charge in [-0.05, 0) is 38.9 Å². The Labute approximate surface area is 124 Å². The van der Waals surface area contributed by atoms with Crippen molar-refractivity contribution in [2.24, 2.45) is 0 Å². The van der Waals surface area contributed by atoms with E-state index in [4.69, 9.17) is 16.7 Å². The molecule has 0 amide bonds. The van der Waals surface area contributed by atoms with E-state index < -0.39 is 0 Å². The molecule has 0 saturated carbocycles. The standard InChI is InChI=1S/C16H20ClN3/c1-11(2)20-16(12-3-5-13(17)6-4-12)14-7-9-18-10-8-15(14)19-20/h3-6,11,18H,7-10H2,1-2H3. The second kappa shape index (κ2) is 5.58. The van der Waals surface area contributed by atoms with Crippen molar-refractivity contribution in [2.45, 2.75) is 32.7 Å². The minimum absolute atomic E-state index is 0.362. The molecule has 0 unspecified atom stereocenters. The molecule has 1 N–H and O–H groups in total. The highest BCUT2D eigenvalue weighted by atomic mass is 35.5. The molecule has 0 saturated heterocycles. The van der Waals surface area contributed by atoms with Gasteiger partial charge in [-0.1, -0.05) is 23.7 Å². The van der Waals surface area contributed by atoms with Gasteiger partial charge in [-0.3, -0.25) is 4.68 Å². The Morgan fingerprint density at radius 1 is 1.15 bits per heavy atom. The van der Waals surface area contributed by atoms with Gasteiger partial charge in [-0.25, -0.2) is 0 Å². The van der Waals surface area contributed by atoms with Crippen LogP contribution in [0.25, 0.3) is 11.3 Å². The summed E-state index contributed by atoms with van der Waals surface area (Å²) in [6.45, 7) is 6.41. The largest absolute Gasteiger partial charge is 0.316 e. The van der Waals surface area contributed by atoms with Gasteiger partial charge in [0.25, 0.3) is 0 Å². The van der Waals surface area contributed by atoms with Gasteiger partial charge < -0.3 is 5.32 Å². The van der Waals surface area contributed by atoms with E-state index in [1.807, 2.05) is 12.1 Å². The molecule has 1 aliphatic rings. The number of aromatic nitrogens is 2. The number of nitrogens with one attached hydrogen (secondary N) is 1. The van der Waals surface area contributed by atoms with E-state index in [2.05, 4.69) is 36.0 Å². The van der Waals surface area contributed by atoms with Gasteiger partial charge in [0, 0.05) is 35.2 Å². The van der Waals surface area contributed by atoms with Crippen LogP contribution in [-0.4, -0.2) is 22.9 Å². The van der Waals surface area contributed by atoms with Gasteiger partial charge >= 0.3 is 0 Å². The van der Waals surface area contributed by atoms with Crippen molar-refractivity contribution in [1.29, 1.82) is 0 Å². The number of hydrogen-bond donors (Lipinski definition) is 1. The minimum atomic E-state index is 0.362. The van der Waals surface area contributed by atoms with E-state index in [9.17, 15) is 0 Å². The lowest BCUT2D eigenvalue weighted by atomic mass is 10.0. The Balaban J connectivity index is 2.16. The predicted octanol–water partition coefficient (Wildman–Crippen LogP) is 3.47. The predicted molar refractivity (Wildman–Crippen MR) is 83.3 cm³/mol. The Kier molecular flexibility index (Phi) is 3.81. The fourth-order valence-corrected chi connectivity index (χ4v) is 2.94. The van der Waals surface area contributed by atoms with E-state index in [-0.39, 0.29) is 0 Å². The zero-order valence-corrected chi connectivity index (χ0v) is 12.7. The first-order chi connectivity index (χ1) is 9.66. The summed E-state index contributed by atoms with van der Waals surface area (Å²) in [5.41, 5.74) is 5.11. The first-order valence-electron chi connectivity index (χ1n) is 7.23. The smallest absolute Gasteiger partial charge is 0.0720 e. The minimum Gasteiger partial charge on any atom is -0.316 e. The number of nitrogens with zero attached hydrogens (tertiary/aromatic N) is 2. The summed E-state index contributed by atoms with van der Waals surface area (Å²) in [7, 11) is 0. The van der Waals surface area contributed by atoms with Gasteiger partial charge in [-0.15, -0.1) is 0 Å². The van der Waals surface area contributed by atoms with Crippen molar-refractivity contribution in [3.05, 3.63) is 40.5 Å². The summed E-state index contributed by atoms with van der Waals surface area (Å²) < 4.78 is 2.17. The molecule has 2 heterocycles. The maximum Gasteiger partial charge on any atom is 0.0720 e. The maximum absolute atomic E-state index is 6.01. The first-order valence-corrected chi connectivity index (χ1v) is 7.61. The van der Waals surface area contributed by atoms with Crippen LogP contribution in [0.15, 0.2) is 24.3 Å². The van der Waals surface area contributed by atoms with Crippen molar-refractivity contribution >= 4 is 11.6 Å². The fraction of sp³-hybridized carbons (Fsp3) is 0.438. The lowest BCUT2D eigenvalue weighted by molar-refractivity contribution is 0.529. The lowest BCUT2D eigenvalue weighted by Gasteiger charge is -2.13. The van der Waals surface area contributed by atoms with E-state index in [0.29, 0.717) is 6.04 Å². The molecule has 106 valence electrons. The van der Waals surface area contributed by atoms with E-state index in [0.717, 1.165) is 31.0 Å². The summed E-state index contributed by atoms with van der Waals surface area (Å²) in [6.07, 6.45) is 2.05. The molecule has 1 aromatic heterocycles. The maximum atomic E-state index is 6.01. The van der Waals surface area contributed by atoms with Crippen LogP contribution in [-0.2, 0) is 12.8 Å². The summed E-state index contributed by atoms with van der Waals surface area (Å²) in [6, 6.07) is 8.46. The van der Waals surface area contributed by atoms with Crippen molar-refractivity contribution in [2.75, 3.05) is 13.1 Å². The van der Waals surface area contributed by atoms with Crippen LogP contribution in [0, 0.1) is 0 Å². The van der Waals surface area contributed by atoms with Crippen LogP contribution < -0.4 is 5.32 Å². The fourth-order valence-electron chi connectivity index (χ4n) is 2.81. The molecule has 20 heavy (non-hydrogen) atoms. The van der Waals surface area contributed by atoms with Crippen LogP contribution in [0.4, 0.5) is 0 Å². The molecule has 0 fully saturated rings. The Bertz CT molecular complexity index is 599. The average Bonchev–Trinajstić information content (AvgIpc) is 2.64. The zero-order chi connectivity index (χ0) is 14.1. The lowest BCUT2D eigenvalue weighted by Crippen LogP contribution is -2.17. The van der Waals surface area contributed by atoms with E-state index in [1.165, 1.54) is 22.5 Å². The Hall–Kier alpha value is -1.32. The Morgan fingerprint density at radius 3 is 2.55 bits per heavy atom. The number of rotatable bonds is 2. The monoisotopic (exact) mass is 289 g/mol. The first kappa shape index (κ1) is 13.7. The van der Waals surface area contributed by atoms with Crippen molar-refractivity contribution in [3.63, 3.8) is 0 Å². The number of benzene rings is 1. The summed E-state index contributed by atoms with van der Waals surface area (Å²) in [4.78, 5) is 0. The molecular formula is C16H20ClN3. The molecule has 1 aromatic carbocycles. The summed E-state index contributed by atoms with van der Waals surface area (Å²) >= 11 is 6.01. The molecule has 0 atom stereocenters. The van der Waals surface area contributed by atoms with Crippen molar-refractivity contribution in [3.8, 4) is 11.3 Å². The van der Waals surface area contributed by atoms with Gasteiger partial charge in [0.1, 0.15) is 0 Å². The van der Waals surface area contributed by atoms with Gasteiger partial charge in [-0.2, -0.15) is 5.10 Å². The number of hydrogen-bond acceptors (Lipinski definition) is 2. The van der Waals surface area contributed by atoms with Crippen LogP contribution in [0.2, 0.25) is 5.02 Å². The van der Waals surface area contributed by atoms with Crippen LogP contribution in [0.5, 0.6) is 0 Å². The summed E-state index contributed by atoms with van der Waals surface area (Å²) in [5, 5.41) is 9.07. The van der Waals surface area contributed by atoms with Crippen molar-refractivity contribution < 1.29 is 0 Å². The Morgan fingerprint density at radius 2 is 1.85 bits per heavy atom. The van der Waals surface area contributed by atoms with Crippen LogP contribution in [0.1, 0.15) is 31.1 Å². The molecule has 0 spiro atoms. The normalized spacial score (nSPS) is 15.2. The van der Waals surface area contributed by atoms with Gasteiger partial charge in [0.05, 0.1) is 11.4 Å². The van der Waals surface area contributed by atoms with Crippen LogP contribution in [0.3, 0.4) is 0 Å². The number of halogens is 1. The molecule has 4 heteroatoms. The zero-order valence-electron chi connectivity index (χ0n) is 12.0. The van der Waals surface area contributed by atoms with Gasteiger partial charge in [0.2, 0.25) is 0 Å². The second-order valence-corrected chi connectivity index (χ2v) is 6.01. The molecule has 1 aliphatic heterocycles. The quantitative estimate of drug-likeness (QED) is 0.917. The molecule has 0 aliphatic carbocycles.